The van der Waals surface area contributed by atoms with E-state index in [1.807, 2.05) is 24.0 Å². The van der Waals surface area contributed by atoms with E-state index < -0.39 is 4.92 Å². The second-order valence-electron chi connectivity index (χ2n) is 5.85. The van der Waals surface area contributed by atoms with Crippen molar-refractivity contribution in [3.05, 3.63) is 40.3 Å². The first kappa shape index (κ1) is 16.1. The summed E-state index contributed by atoms with van der Waals surface area (Å²) < 4.78 is 0. The van der Waals surface area contributed by atoms with Gasteiger partial charge in [0.15, 0.2) is 0 Å². The SMILES string of the molecule is Cc1cccnc1Nc1ncnc(N2CCCCCC2)c1[N+](=O)[O-]. The molecule has 0 amide bonds. The van der Waals surface area contributed by atoms with Crippen molar-refractivity contribution in [3.8, 4) is 0 Å². The molecule has 24 heavy (non-hydrogen) atoms. The normalized spacial score (nSPS) is 15.0. The van der Waals surface area contributed by atoms with Crippen LogP contribution in [0.2, 0.25) is 0 Å². The van der Waals surface area contributed by atoms with E-state index in [9.17, 15) is 10.1 Å². The first-order valence-corrected chi connectivity index (χ1v) is 8.10. The summed E-state index contributed by atoms with van der Waals surface area (Å²) in [6.45, 7) is 3.44. The van der Waals surface area contributed by atoms with Crippen LogP contribution >= 0.6 is 0 Å². The molecule has 1 N–H and O–H groups in total. The quantitative estimate of drug-likeness (QED) is 0.679. The fraction of sp³-hybridized carbons (Fsp3) is 0.438. The number of anilines is 3. The van der Waals surface area contributed by atoms with Crippen LogP contribution in [0.5, 0.6) is 0 Å². The highest BCUT2D eigenvalue weighted by molar-refractivity contribution is 5.74. The predicted octanol–water partition coefficient (Wildman–Crippen LogP) is 3.21. The average Bonchev–Trinajstić information content (AvgIpc) is 2.86. The number of nitrogens with one attached hydrogen (secondary N) is 1. The van der Waals surface area contributed by atoms with Crippen LogP contribution in [0.3, 0.4) is 0 Å². The van der Waals surface area contributed by atoms with Gasteiger partial charge in [-0.15, -0.1) is 0 Å². The highest BCUT2D eigenvalue weighted by Gasteiger charge is 2.27. The maximum atomic E-state index is 11.7. The maximum absolute atomic E-state index is 11.7. The van der Waals surface area contributed by atoms with Crippen molar-refractivity contribution in [3.63, 3.8) is 0 Å². The predicted molar refractivity (Wildman–Crippen MR) is 91.6 cm³/mol. The van der Waals surface area contributed by atoms with Crippen LogP contribution in [0.25, 0.3) is 0 Å². The van der Waals surface area contributed by atoms with Crippen molar-refractivity contribution in [1.29, 1.82) is 0 Å². The standard InChI is InChI=1S/C16H20N6O2/c1-12-7-6-8-17-14(12)20-15-13(22(23)24)16(19-11-18-15)21-9-4-2-3-5-10-21/h6-8,11H,2-5,9-10H2,1H3,(H,17,18,19,20). The van der Waals surface area contributed by atoms with Gasteiger partial charge in [-0.1, -0.05) is 18.9 Å². The number of hydrogen-bond donors (Lipinski definition) is 1. The van der Waals surface area contributed by atoms with Crippen LogP contribution in [0.15, 0.2) is 24.7 Å². The zero-order valence-corrected chi connectivity index (χ0v) is 13.6. The lowest BCUT2D eigenvalue weighted by atomic mass is 10.2. The van der Waals surface area contributed by atoms with Gasteiger partial charge in [-0.25, -0.2) is 15.0 Å². The highest BCUT2D eigenvalue weighted by atomic mass is 16.6. The van der Waals surface area contributed by atoms with Crippen molar-refractivity contribution in [2.45, 2.75) is 32.6 Å². The topological polar surface area (TPSA) is 97.1 Å². The number of rotatable bonds is 4. The van der Waals surface area contributed by atoms with Gasteiger partial charge in [0.2, 0.25) is 11.6 Å². The molecule has 1 aliphatic rings. The molecule has 2 aromatic rings. The van der Waals surface area contributed by atoms with Crippen molar-refractivity contribution in [1.82, 2.24) is 15.0 Å². The summed E-state index contributed by atoms with van der Waals surface area (Å²) in [6.07, 6.45) is 7.33. The van der Waals surface area contributed by atoms with E-state index in [0.29, 0.717) is 11.6 Å². The first-order valence-electron chi connectivity index (χ1n) is 8.10. The molecule has 0 aromatic carbocycles. The van der Waals surface area contributed by atoms with Gasteiger partial charge in [-0.3, -0.25) is 10.1 Å². The number of nitrogens with zero attached hydrogens (tertiary/aromatic N) is 5. The van der Waals surface area contributed by atoms with Crippen LogP contribution in [0, 0.1) is 17.0 Å². The largest absolute Gasteiger partial charge is 0.353 e. The summed E-state index contributed by atoms with van der Waals surface area (Å²) in [5.74, 6) is 1.12. The van der Waals surface area contributed by atoms with Crippen LogP contribution in [0.4, 0.5) is 23.1 Å². The Balaban J connectivity index is 1.99. The van der Waals surface area contributed by atoms with Crippen molar-refractivity contribution >= 4 is 23.1 Å². The average molecular weight is 328 g/mol. The summed E-state index contributed by atoms with van der Waals surface area (Å²) in [5.41, 5.74) is 0.797. The molecule has 8 nitrogen and oxygen atoms in total. The molecule has 1 saturated heterocycles. The first-order chi connectivity index (χ1) is 11.7. The molecule has 8 heteroatoms. The van der Waals surface area contributed by atoms with Gasteiger partial charge in [0, 0.05) is 19.3 Å². The summed E-state index contributed by atoms with van der Waals surface area (Å²) in [7, 11) is 0. The lowest BCUT2D eigenvalue weighted by molar-refractivity contribution is -0.383. The molecule has 0 bridgehead atoms. The number of pyridine rings is 1. The van der Waals surface area contributed by atoms with Crippen molar-refractivity contribution < 1.29 is 4.92 Å². The third kappa shape index (κ3) is 3.42. The highest BCUT2D eigenvalue weighted by Crippen LogP contribution is 2.34. The minimum atomic E-state index is -0.416. The molecular weight excluding hydrogens is 308 g/mol. The van der Waals surface area contributed by atoms with Gasteiger partial charge in [0.05, 0.1) is 4.92 Å². The van der Waals surface area contributed by atoms with Gasteiger partial charge in [-0.05, 0) is 31.4 Å². The molecule has 1 fully saturated rings. The van der Waals surface area contributed by atoms with Crippen LogP contribution in [0.1, 0.15) is 31.2 Å². The minimum Gasteiger partial charge on any atom is -0.351 e. The minimum absolute atomic E-state index is 0.0931. The van der Waals surface area contributed by atoms with Gasteiger partial charge in [0.1, 0.15) is 12.1 Å². The van der Waals surface area contributed by atoms with E-state index in [1.165, 1.54) is 6.33 Å². The third-order valence-electron chi connectivity index (χ3n) is 4.14. The molecule has 0 aliphatic carbocycles. The van der Waals surface area contributed by atoms with E-state index in [2.05, 4.69) is 20.3 Å². The molecule has 1 aliphatic heterocycles. The van der Waals surface area contributed by atoms with Gasteiger partial charge in [0.25, 0.3) is 0 Å². The molecule has 2 aromatic heterocycles. The second kappa shape index (κ2) is 7.20. The Morgan fingerprint density at radius 1 is 1.12 bits per heavy atom. The Kier molecular flexibility index (Phi) is 4.83. The Labute approximate surface area is 140 Å². The molecule has 0 radical (unpaired) electrons. The maximum Gasteiger partial charge on any atom is 0.353 e. The zero-order chi connectivity index (χ0) is 16.9. The van der Waals surface area contributed by atoms with Crippen molar-refractivity contribution in [2.75, 3.05) is 23.3 Å². The van der Waals surface area contributed by atoms with E-state index in [1.54, 1.807) is 6.20 Å². The zero-order valence-electron chi connectivity index (χ0n) is 13.6. The van der Waals surface area contributed by atoms with Crippen LogP contribution in [-0.4, -0.2) is 33.0 Å². The molecule has 0 unspecified atom stereocenters. The van der Waals surface area contributed by atoms with Gasteiger partial charge >= 0.3 is 5.69 Å². The Morgan fingerprint density at radius 2 is 1.88 bits per heavy atom. The number of nitro groups is 1. The van der Waals surface area contributed by atoms with E-state index >= 15 is 0 Å². The van der Waals surface area contributed by atoms with Crippen LogP contribution < -0.4 is 10.2 Å². The molecule has 3 heterocycles. The summed E-state index contributed by atoms with van der Waals surface area (Å²) in [5, 5.41) is 14.7. The molecule has 126 valence electrons. The van der Waals surface area contributed by atoms with Gasteiger partial charge in [-0.2, -0.15) is 0 Å². The lowest BCUT2D eigenvalue weighted by Gasteiger charge is -2.21. The fourth-order valence-electron chi connectivity index (χ4n) is 2.87. The van der Waals surface area contributed by atoms with E-state index in [4.69, 9.17) is 0 Å². The molecule has 3 rings (SSSR count). The molecule has 0 spiro atoms. The van der Waals surface area contributed by atoms with Crippen molar-refractivity contribution in [2.24, 2.45) is 0 Å². The third-order valence-corrected chi connectivity index (χ3v) is 4.14. The fourth-order valence-corrected chi connectivity index (χ4v) is 2.87. The molecule has 0 saturated carbocycles. The van der Waals surface area contributed by atoms with E-state index in [-0.39, 0.29) is 11.5 Å². The Bertz CT molecular complexity index is 728. The second-order valence-corrected chi connectivity index (χ2v) is 5.85. The molecular formula is C16H20N6O2. The Morgan fingerprint density at radius 3 is 2.54 bits per heavy atom. The smallest absolute Gasteiger partial charge is 0.351 e. The summed E-state index contributed by atoms with van der Waals surface area (Å²) in [4.78, 5) is 25.8. The van der Waals surface area contributed by atoms with E-state index in [0.717, 1.165) is 44.3 Å². The monoisotopic (exact) mass is 328 g/mol. The Hall–Kier alpha value is -2.77. The molecule has 0 atom stereocenters. The lowest BCUT2D eigenvalue weighted by Crippen LogP contribution is -2.26. The number of aryl methyl sites for hydroxylation is 1. The number of aromatic nitrogens is 3. The van der Waals surface area contributed by atoms with Gasteiger partial charge < -0.3 is 10.2 Å². The summed E-state index contributed by atoms with van der Waals surface area (Å²) >= 11 is 0. The summed E-state index contributed by atoms with van der Waals surface area (Å²) in [6, 6.07) is 3.70. The van der Waals surface area contributed by atoms with Crippen LogP contribution in [-0.2, 0) is 0 Å². The number of hydrogen-bond acceptors (Lipinski definition) is 7.